The fourth-order valence-corrected chi connectivity index (χ4v) is 2.24. The Kier molecular flexibility index (Phi) is 4.41. The van der Waals surface area contributed by atoms with Crippen molar-refractivity contribution in [2.24, 2.45) is 0 Å². The largest absolute Gasteiger partial charge is 0.331 e. The summed E-state index contributed by atoms with van der Waals surface area (Å²) in [5.41, 5.74) is 4.23. The lowest BCUT2D eigenvalue weighted by atomic mass is 10.0. The van der Waals surface area contributed by atoms with E-state index in [9.17, 15) is 4.79 Å². The number of hydrogen-bond acceptors (Lipinski definition) is 1. The molecular weight excluding hydrogens is 248 g/mol. The van der Waals surface area contributed by atoms with Crippen molar-refractivity contribution in [2.75, 3.05) is 5.32 Å². The molecule has 0 saturated heterocycles. The zero-order valence-corrected chi connectivity index (χ0v) is 12.1. The molecule has 3 nitrogen and oxygen atoms in total. The standard InChI is InChI=1S/C17H20N2O/c1-12-7-6-9-15(11-12)19-17(20)18-14(3)16-10-5-4-8-13(16)2/h4-11,14H,1-3H3,(H2,18,19,20). The van der Waals surface area contributed by atoms with E-state index >= 15 is 0 Å². The normalized spacial score (nSPS) is 11.8. The topological polar surface area (TPSA) is 41.1 Å². The molecule has 0 fully saturated rings. The molecule has 2 aromatic rings. The number of nitrogens with one attached hydrogen (secondary N) is 2. The number of carbonyl (C=O) groups excluding carboxylic acids is 1. The maximum absolute atomic E-state index is 12.0. The highest BCUT2D eigenvalue weighted by Crippen LogP contribution is 2.17. The molecule has 0 aromatic heterocycles. The Morgan fingerprint density at radius 2 is 1.80 bits per heavy atom. The third-order valence-corrected chi connectivity index (χ3v) is 3.28. The molecule has 0 heterocycles. The number of aryl methyl sites for hydroxylation is 2. The molecule has 0 bridgehead atoms. The molecule has 2 N–H and O–H groups in total. The molecule has 1 unspecified atom stereocenters. The molecule has 0 aliphatic carbocycles. The highest BCUT2D eigenvalue weighted by Gasteiger charge is 2.11. The number of benzene rings is 2. The molecule has 0 radical (unpaired) electrons. The van der Waals surface area contributed by atoms with Gasteiger partial charge in [-0.2, -0.15) is 0 Å². The molecule has 0 aliphatic rings. The van der Waals surface area contributed by atoms with E-state index in [1.807, 2.05) is 69.3 Å². The smallest absolute Gasteiger partial charge is 0.319 e. The lowest BCUT2D eigenvalue weighted by Gasteiger charge is -2.17. The van der Waals surface area contributed by atoms with Crippen LogP contribution in [0.4, 0.5) is 10.5 Å². The molecule has 20 heavy (non-hydrogen) atoms. The second kappa shape index (κ2) is 6.24. The van der Waals surface area contributed by atoms with Crippen LogP contribution >= 0.6 is 0 Å². The summed E-state index contributed by atoms with van der Waals surface area (Å²) >= 11 is 0. The third-order valence-electron chi connectivity index (χ3n) is 3.28. The van der Waals surface area contributed by atoms with Crippen LogP contribution in [0.3, 0.4) is 0 Å². The molecule has 104 valence electrons. The Morgan fingerprint density at radius 3 is 2.50 bits per heavy atom. The molecule has 2 rings (SSSR count). The van der Waals surface area contributed by atoms with Crippen molar-refractivity contribution in [3.05, 3.63) is 65.2 Å². The number of rotatable bonds is 3. The first-order chi connectivity index (χ1) is 9.56. The second-order valence-electron chi connectivity index (χ2n) is 5.05. The number of hydrogen-bond donors (Lipinski definition) is 2. The maximum atomic E-state index is 12.0. The lowest BCUT2D eigenvalue weighted by Crippen LogP contribution is -2.31. The van der Waals surface area contributed by atoms with Gasteiger partial charge in [0.05, 0.1) is 6.04 Å². The summed E-state index contributed by atoms with van der Waals surface area (Å²) in [6, 6.07) is 15.6. The highest BCUT2D eigenvalue weighted by molar-refractivity contribution is 5.89. The maximum Gasteiger partial charge on any atom is 0.319 e. The average molecular weight is 268 g/mol. The molecule has 3 heteroatoms. The molecule has 0 spiro atoms. The zero-order valence-electron chi connectivity index (χ0n) is 12.1. The Morgan fingerprint density at radius 1 is 1.05 bits per heavy atom. The third kappa shape index (κ3) is 3.60. The van der Waals surface area contributed by atoms with Gasteiger partial charge in [0, 0.05) is 5.69 Å². The van der Waals surface area contributed by atoms with Gasteiger partial charge in [0.25, 0.3) is 0 Å². The van der Waals surface area contributed by atoms with E-state index in [2.05, 4.69) is 10.6 Å². The van der Waals surface area contributed by atoms with Crippen LogP contribution in [0.2, 0.25) is 0 Å². The first-order valence-corrected chi connectivity index (χ1v) is 6.76. The Balaban J connectivity index is 2.00. The summed E-state index contributed by atoms with van der Waals surface area (Å²) < 4.78 is 0. The summed E-state index contributed by atoms with van der Waals surface area (Å²) in [6.45, 7) is 6.03. The summed E-state index contributed by atoms with van der Waals surface area (Å²) in [5, 5.41) is 5.81. The van der Waals surface area contributed by atoms with Gasteiger partial charge < -0.3 is 10.6 Å². The fraction of sp³-hybridized carbons (Fsp3) is 0.235. The Bertz CT molecular complexity index is 607. The van der Waals surface area contributed by atoms with Gasteiger partial charge in [-0.1, -0.05) is 36.4 Å². The fourth-order valence-electron chi connectivity index (χ4n) is 2.24. The summed E-state index contributed by atoms with van der Waals surface area (Å²) in [6.07, 6.45) is 0. The van der Waals surface area contributed by atoms with Gasteiger partial charge in [0.15, 0.2) is 0 Å². The summed E-state index contributed by atoms with van der Waals surface area (Å²) in [7, 11) is 0. The van der Waals surface area contributed by atoms with Gasteiger partial charge in [0.1, 0.15) is 0 Å². The van der Waals surface area contributed by atoms with Crippen LogP contribution in [-0.2, 0) is 0 Å². The first-order valence-electron chi connectivity index (χ1n) is 6.76. The minimum Gasteiger partial charge on any atom is -0.331 e. The van der Waals surface area contributed by atoms with E-state index in [-0.39, 0.29) is 12.1 Å². The number of amides is 2. The Hall–Kier alpha value is -2.29. The monoisotopic (exact) mass is 268 g/mol. The van der Waals surface area contributed by atoms with Crippen molar-refractivity contribution in [3.8, 4) is 0 Å². The van der Waals surface area contributed by atoms with Crippen LogP contribution in [0.1, 0.15) is 29.7 Å². The SMILES string of the molecule is Cc1cccc(NC(=O)NC(C)c2ccccc2C)c1. The quantitative estimate of drug-likeness (QED) is 0.861. The first kappa shape index (κ1) is 14.1. The van der Waals surface area contributed by atoms with E-state index < -0.39 is 0 Å². The molecule has 2 aromatic carbocycles. The van der Waals surface area contributed by atoms with Crippen LogP contribution < -0.4 is 10.6 Å². The van der Waals surface area contributed by atoms with Crippen LogP contribution in [0.5, 0.6) is 0 Å². The van der Waals surface area contributed by atoms with Gasteiger partial charge in [-0.25, -0.2) is 4.79 Å². The number of urea groups is 1. The predicted molar refractivity (Wildman–Crippen MR) is 82.9 cm³/mol. The van der Waals surface area contributed by atoms with Gasteiger partial charge in [-0.15, -0.1) is 0 Å². The average Bonchev–Trinajstić information content (AvgIpc) is 2.38. The van der Waals surface area contributed by atoms with E-state index in [1.54, 1.807) is 0 Å². The molecule has 0 saturated carbocycles. The van der Waals surface area contributed by atoms with Crippen molar-refractivity contribution in [1.82, 2.24) is 5.32 Å². The van der Waals surface area contributed by atoms with Crippen LogP contribution in [-0.4, -0.2) is 6.03 Å². The van der Waals surface area contributed by atoms with Gasteiger partial charge in [0.2, 0.25) is 0 Å². The van der Waals surface area contributed by atoms with Crippen molar-refractivity contribution in [1.29, 1.82) is 0 Å². The predicted octanol–water partition coefficient (Wildman–Crippen LogP) is 4.19. The van der Waals surface area contributed by atoms with Crippen LogP contribution in [0.25, 0.3) is 0 Å². The van der Waals surface area contributed by atoms with Crippen molar-refractivity contribution in [2.45, 2.75) is 26.8 Å². The van der Waals surface area contributed by atoms with E-state index in [1.165, 1.54) is 5.56 Å². The number of anilines is 1. The Labute approximate surface area is 120 Å². The molecule has 2 amide bonds. The summed E-state index contributed by atoms with van der Waals surface area (Å²) in [4.78, 5) is 12.0. The molecule has 0 aliphatic heterocycles. The van der Waals surface area contributed by atoms with Crippen molar-refractivity contribution >= 4 is 11.7 Å². The van der Waals surface area contributed by atoms with Crippen molar-refractivity contribution in [3.63, 3.8) is 0 Å². The van der Waals surface area contributed by atoms with Gasteiger partial charge in [-0.05, 0) is 49.6 Å². The summed E-state index contributed by atoms with van der Waals surface area (Å²) in [5.74, 6) is 0. The van der Waals surface area contributed by atoms with Crippen LogP contribution in [0.15, 0.2) is 48.5 Å². The highest BCUT2D eigenvalue weighted by atomic mass is 16.2. The van der Waals surface area contributed by atoms with Crippen LogP contribution in [0, 0.1) is 13.8 Å². The van der Waals surface area contributed by atoms with Gasteiger partial charge >= 0.3 is 6.03 Å². The molecule has 1 atom stereocenters. The van der Waals surface area contributed by atoms with E-state index in [0.717, 1.165) is 16.8 Å². The van der Waals surface area contributed by atoms with E-state index in [0.29, 0.717) is 0 Å². The van der Waals surface area contributed by atoms with Gasteiger partial charge in [-0.3, -0.25) is 0 Å². The minimum atomic E-state index is -0.189. The van der Waals surface area contributed by atoms with E-state index in [4.69, 9.17) is 0 Å². The number of carbonyl (C=O) groups is 1. The zero-order chi connectivity index (χ0) is 14.5. The minimum absolute atomic E-state index is 0.0268. The van der Waals surface area contributed by atoms with Crippen molar-refractivity contribution < 1.29 is 4.79 Å². The molecular formula is C17H20N2O. The second-order valence-corrected chi connectivity index (χ2v) is 5.05. The lowest BCUT2D eigenvalue weighted by molar-refractivity contribution is 0.249.